The Balaban J connectivity index is 0.00000280. The molecule has 28 heavy (non-hydrogen) atoms. The van der Waals surface area contributed by atoms with Crippen LogP contribution < -0.4 is 5.32 Å². The van der Waals surface area contributed by atoms with Gasteiger partial charge in [-0.1, -0.05) is 12.5 Å². The van der Waals surface area contributed by atoms with Crippen LogP contribution >= 0.6 is 12.4 Å². The zero-order valence-corrected chi connectivity index (χ0v) is 18.4. The summed E-state index contributed by atoms with van der Waals surface area (Å²) >= 11 is 0. The van der Waals surface area contributed by atoms with Crippen molar-refractivity contribution in [2.45, 2.75) is 43.9 Å². The maximum absolute atomic E-state index is 13.1. The summed E-state index contributed by atoms with van der Waals surface area (Å²) in [6.45, 7) is 5.37. The van der Waals surface area contributed by atoms with Crippen LogP contribution in [0.4, 0.5) is 0 Å². The Hall–Kier alpha value is -1.15. The van der Waals surface area contributed by atoms with Gasteiger partial charge in [0.1, 0.15) is 0 Å². The molecule has 2 saturated heterocycles. The third-order valence-corrected chi connectivity index (χ3v) is 7.59. The molecule has 2 aliphatic heterocycles. The smallest absolute Gasteiger partial charge is 0.254 e. The van der Waals surface area contributed by atoms with Crippen molar-refractivity contribution in [1.82, 2.24) is 14.5 Å². The number of carbonyl (C=O) groups excluding carboxylic acids is 1. The van der Waals surface area contributed by atoms with Crippen LogP contribution in [0, 0.1) is 12.8 Å². The van der Waals surface area contributed by atoms with Gasteiger partial charge in [0.25, 0.3) is 5.91 Å². The highest BCUT2D eigenvalue weighted by molar-refractivity contribution is 7.89. The number of carbonyl (C=O) groups is 1. The van der Waals surface area contributed by atoms with Crippen LogP contribution in [0.25, 0.3) is 0 Å². The van der Waals surface area contributed by atoms with E-state index in [-0.39, 0.29) is 23.2 Å². The summed E-state index contributed by atoms with van der Waals surface area (Å²) in [4.78, 5) is 15.2. The predicted molar refractivity (Wildman–Crippen MR) is 114 cm³/mol. The third kappa shape index (κ3) is 5.06. The van der Waals surface area contributed by atoms with E-state index in [1.165, 1.54) is 0 Å². The van der Waals surface area contributed by atoms with E-state index in [0.29, 0.717) is 24.6 Å². The molecule has 0 aromatic heterocycles. The summed E-state index contributed by atoms with van der Waals surface area (Å²) in [5.41, 5.74) is 1.34. The molecule has 8 heteroatoms. The van der Waals surface area contributed by atoms with Gasteiger partial charge in [-0.3, -0.25) is 4.79 Å². The van der Waals surface area contributed by atoms with Gasteiger partial charge < -0.3 is 10.2 Å². The summed E-state index contributed by atoms with van der Waals surface area (Å²) in [5, 5.41) is 3.19. The van der Waals surface area contributed by atoms with Crippen LogP contribution in [-0.4, -0.2) is 63.3 Å². The number of likely N-dealkylation sites (tertiary alicyclic amines) is 1. The molecule has 0 aliphatic carbocycles. The average molecular weight is 430 g/mol. The summed E-state index contributed by atoms with van der Waals surface area (Å²) in [5.74, 6) is 0.400. The Morgan fingerprint density at radius 2 is 1.86 bits per heavy atom. The molecule has 3 rings (SSSR count). The number of sulfonamides is 1. The molecule has 1 atom stereocenters. The van der Waals surface area contributed by atoms with E-state index in [2.05, 4.69) is 5.32 Å². The Morgan fingerprint density at radius 1 is 1.14 bits per heavy atom. The average Bonchev–Trinajstić information content (AvgIpc) is 2.69. The Kier molecular flexibility index (Phi) is 8.30. The second kappa shape index (κ2) is 10.1. The van der Waals surface area contributed by atoms with Crippen molar-refractivity contribution < 1.29 is 13.2 Å². The van der Waals surface area contributed by atoms with Crippen LogP contribution in [0.2, 0.25) is 0 Å². The highest BCUT2D eigenvalue weighted by Crippen LogP contribution is 2.25. The number of rotatable bonds is 5. The van der Waals surface area contributed by atoms with Crippen LogP contribution in [-0.2, 0) is 10.0 Å². The lowest BCUT2D eigenvalue weighted by Crippen LogP contribution is -2.42. The van der Waals surface area contributed by atoms with Gasteiger partial charge in [0.15, 0.2) is 0 Å². The van der Waals surface area contributed by atoms with Crippen molar-refractivity contribution in [3.63, 3.8) is 0 Å². The first-order valence-corrected chi connectivity index (χ1v) is 11.4. The Labute approximate surface area is 175 Å². The normalized spacial score (nSPS) is 21.2. The summed E-state index contributed by atoms with van der Waals surface area (Å²) < 4.78 is 27.5. The summed E-state index contributed by atoms with van der Waals surface area (Å²) in [7, 11) is -1.60. The van der Waals surface area contributed by atoms with E-state index >= 15 is 0 Å². The molecule has 0 bridgehead atoms. The first-order chi connectivity index (χ1) is 12.9. The lowest BCUT2D eigenvalue weighted by Gasteiger charge is -2.33. The largest absolute Gasteiger partial charge is 0.338 e. The fourth-order valence-electron chi connectivity index (χ4n) is 4.12. The second-order valence-electron chi connectivity index (χ2n) is 7.76. The molecule has 2 heterocycles. The van der Waals surface area contributed by atoms with Gasteiger partial charge in [-0.25, -0.2) is 8.42 Å². The van der Waals surface area contributed by atoms with Crippen molar-refractivity contribution in [3.8, 4) is 0 Å². The van der Waals surface area contributed by atoms with Gasteiger partial charge >= 0.3 is 0 Å². The van der Waals surface area contributed by atoms with E-state index < -0.39 is 10.0 Å². The Morgan fingerprint density at radius 3 is 2.54 bits per heavy atom. The molecule has 0 saturated carbocycles. The SMILES string of the molecule is CNCC1CCCN(C(=O)c2cc(S(=O)(=O)N3CCCCC3)ccc2C)C1.Cl. The van der Waals surface area contributed by atoms with Crippen LogP contribution in [0.5, 0.6) is 0 Å². The van der Waals surface area contributed by atoms with Gasteiger partial charge in [-0.2, -0.15) is 4.31 Å². The van der Waals surface area contributed by atoms with Crippen molar-refractivity contribution in [1.29, 1.82) is 0 Å². The number of nitrogens with one attached hydrogen (secondary N) is 1. The predicted octanol–water partition coefficient (Wildman–Crippen LogP) is 2.66. The summed E-state index contributed by atoms with van der Waals surface area (Å²) in [6.07, 6.45) is 4.98. The third-order valence-electron chi connectivity index (χ3n) is 5.69. The molecular weight excluding hydrogens is 398 g/mol. The standard InChI is InChI=1S/C20H31N3O3S.ClH/c1-16-8-9-18(27(25,26)23-11-4-3-5-12-23)13-19(16)20(24)22-10-6-7-17(15-22)14-21-2;/h8-9,13,17,21H,3-7,10-12,14-15H2,1-2H3;1H. The maximum Gasteiger partial charge on any atom is 0.254 e. The molecule has 2 aliphatic rings. The molecular formula is C20H32ClN3O3S. The van der Waals surface area contributed by atoms with E-state index in [1.807, 2.05) is 18.9 Å². The highest BCUT2D eigenvalue weighted by atomic mass is 35.5. The molecule has 2 fully saturated rings. The summed E-state index contributed by atoms with van der Waals surface area (Å²) in [6, 6.07) is 4.98. The number of piperidine rings is 2. The Bertz CT molecular complexity index is 777. The number of amides is 1. The molecule has 6 nitrogen and oxygen atoms in total. The van der Waals surface area contributed by atoms with Crippen LogP contribution in [0.1, 0.15) is 48.0 Å². The molecule has 1 aromatic rings. The topological polar surface area (TPSA) is 69.7 Å². The van der Waals surface area contributed by atoms with Gasteiger partial charge in [0.2, 0.25) is 10.0 Å². The van der Waals surface area contributed by atoms with Crippen LogP contribution in [0.15, 0.2) is 23.1 Å². The minimum absolute atomic E-state index is 0. The van der Waals surface area contributed by atoms with E-state index in [0.717, 1.165) is 57.3 Å². The number of nitrogens with zero attached hydrogens (tertiary/aromatic N) is 2. The molecule has 1 unspecified atom stereocenters. The monoisotopic (exact) mass is 429 g/mol. The first-order valence-electron chi connectivity index (χ1n) is 9.98. The van der Waals surface area contributed by atoms with Crippen molar-refractivity contribution in [3.05, 3.63) is 29.3 Å². The second-order valence-corrected chi connectivity index (χ2v) is 9.70. The minimum atomic E-state index is -3.53. The fraction of sp³-hybridized carbons (Fsp3) is 0.650. The molecule has 1 amide bonds. The number of aryl methyl sites for hydroxylation is 1. The zero-order chi connectivity index (χ0) is 19.4. The first kappa shape index (κ1) is 23.1. The fourth-order valence-corrected chi connectivity index (χ4v) is 5.67. The number of hydrogen-bond donors (Lipinski definition) is 1. The van der Waals surface area contributed by atoms with Gasteiger partial charge in [-0.15, -0.1) is 12.4 Å². The van der Waals surface area contributed by atoms with Gasteiger partial charge in [0, 0.05) is 31.7 Å². The molecule has 0 radical (unpaired) electrons. The molecule has 158 valence electrons. The van der Waals surface area contributed by atoms with Crippen molar-refractivity contribution in [2.75, 3.05) is 39.8 Å². The van der Waals surface area contributed by atoms with Gasteiger partial charge in [0.05, 0.1) is 4.90 Å². The van der Waals surface area contributed by atoms with E-state index in [1.54, 1.807) is 22.5 Å². The number of benzene rings is 1. The minimum Gasteiger partial charge on any atom is -0.338 e. The number of halogens is 1. The van der Waals surface area contributed by atoms with Crippen molar-refractivity contribution >= 4 is 28.3 Å². The van der Waals surface area contributed by atoms with Crippen LogP contribution in [0.3, 0.4) is 0 Å². The molecule has 0 spiro atoms. The lowest BCUT2D eigenvalue weighted by atomic mass is 9.97. The lowest BCUT2D eigenvalue weighted by molar-refractivity contribution is 0.0673. The van der Waals surface area contributed by atoms with Gasteiger partial charge in [-0.05, 0) is 69.8 Å². The zero-order valence-electron chi connectivity index (χ0n) is 16.8. The van der Waals surface area contributed by atoms with E-state index in [4.69, 9.17) is 0 Å². The molecule has 1 aromatic carbocycles. The molecule has 1 N–H and O–H groups in total. The maximum atomic E-state index is 13.1. The quantitative estimate of drug-likeness (QED) is 0.781. The number of hydrogen-bond acceptors (Lipinski definition) is 4. The highest BCUT2D eigenvalue weighted by Gasteiger charge is 2.29. The van der Waals surface area contributed by atoms with E-state index in [9.17, 15) is 13.2 Å². The van der Waals surface area contributed by atoms with Crippen molar-refractivity contribution in [2.24, 2.45) is 5.92 Å².